The van der Waals surface area contributed by atoms with Crippen molar-refractivity contribution in [3.8, 4) is 0 Å². The van der Waals surface area contributed by atoms with Crippen molar-refractivity contribution in [3.05, 3.63) is 35.9 Å². The fraction of sp³-hybridized carbons (Fsp3) is 0.143. The topological polar surface area (TPSA) is 0 Å². The van der Waals surface area contributed by atoms with Crippen molar-refractivity contribution in [1.29, 1.82) is 0 Å². The summed E-state index contributed by atoms with van der Waals surface area (Å²) >= 11 is 0. The summed E-state index contributed by atoms with van der Waals surface area (Å²) in [5, 5.41) is 0. The Balaban J connectivity index is 0. The van der Waals surface area contributed by atoms with Gasteiger partial charge in [-0.3, -0.25) is 0 Å². The van der Waals surface area contributed by atoms with Gasteiger partial charge in [0, 0.05) is 16.5 Å². The van der Waals surface area contributed by atoms with Crippen molar-refractivity contribution in [2.45, 2.75) is 6.92 Å². The third kappa shape index (κ3) is 4.50. The molecule has 0 unspecified atom stereocenters. The monoisotopic (exact) mass is 184 g/mol. The molecule has 0 aliphatic heterocycles. The van der Waals surface area contributed by atoms with Gasteiger partial charge < -0.3 is 12.4 Å². The molecule has 0 N–H and O–H groups in total. The fourth-order valence-corrected chi connectivity index (χ4v) is 0.483. The van der Waals surface area contributed by atoms with E-state index in [0.717, 1.165) is 0 Å². The van der Waals surface area contributed by atoms with Crippen LogP contribution in [0.5, 0.6) is 0 Å². The minimum atomic E-state index is 0. The molecule has 0 amide bonds. The normalized spacial score (nSPS) is 6.78. The van der Waals surface area contributed by atoms with E-state index in [1.54, 1.807) is 0 Å². The number of hydrogen-bond acceptors (Lipinski definition) is 0. The van der Waals surface area contributed by atoms with Crippen LogP contribution >= 0.6 is 0 Å². The van der Waals surface area contributed by atoms with Crippen LogP contribution < -0.4 is 12.4 Å². The maximum atomic E-state index is 3.03. The zero-order chi connectivity index (χ0) is 5.11. The molecule has 0 fully saturated rings. The summed E-state index contributed by atoms with van der Waals surface area (Å²) in [6.45, 7) is 2.03. The fourth-order valence-electron chi connectivity index (χ4n) is 0.483. The quantitative estimate of drug-likeness (QED) is 0.445. The van der Waals surface area contributed by atoms with Crippen molar-refractivity contribution in [2.24, 2.45) is 0 Å². The van der Waals surface area contributed by atoms with Gasteiger partial charge in [0.25, 0.3) is 0 Å². The average Bonchev–Trinajstić information content (AvgIpc) is 1.69. The van der Waals surface area contributed by atoms with Gasteiger partial charge >= 0.3 is 0 Å². The van der Waals surface area contributed by atoms with E-state index < -0.39 is 0 Å². The molecule has 0 nitrogen and oxygen atoms in total. The molecule has 0 heterocycles. The molecule has 1 rings (SSSR count). The molecule has 0 atom stereocenters. The smallest absolute Gasteiger partial charge is 0 e. The molecule has 0 spiro atoms. The molecule has 53 valence electrons. The van der Waals surface area contributed by atoms with Gasteiger partial charge in [-0.2, -0.15) is 0 Å². The number of rotatable bonds is 0. The molecule has 0 aliphatic carbocycles. The molecule has 0 aliphatic rings. The molecule has 0 saturated heterocycles. The van der Waals surface area contributed by atoms with Gasteiger partial charge in [0.15, 0.2) is 0 Å². The number of halogens is 1. The van der Waals surface area contributed by atoms with Gasteiger partial charge in [0.05, 0.1) is 0 Å². The Labute approximate surface area is 72.0 Å². The molecule has 1 aromatic rings. The standard InChI is InChI=1S/C7H7.ClH.Ni/c1-7-5-3-2-4-6-7;;/h2-5H,1H3;1H;/p-1. The van der Waals surface area contributed by atoms with E-state index in [1.807, 2.05) is 31.2 Å². The van der Waals surface area contributed by atoms with Crippen molar-refractivity contribution in [1.82, 2.24) is 0 Å². The van der Waals surface area contributed by atoms with E-state index >= 15 is 0 Å². The van der Waals surface area contributed by atoms with Crippen molar-refractivity contribution in [2.75, 3.05) is 0 Å². The predicted molar refractivity (Wildman–Crippen MR) is 30.0 cm³/mol. The zero-order valence-corrected chi connectivity index (χ0v) is 6.75. The van der Waals surface area contributed by atoms with Crippen LogP contribution in [0.25, 0.3) is 0 Å². The third-order valence-corrected chi connectivity index (χ3v) is 0.865. The van der Waals surface area contributed by atoms with E-state index in [-0.39, 0.29) is 28.9 Å². The van der Waals surface area contributed by atoms with E-state index in [1.165, 1.54) is 5.56 Å². The molecule has 0 aromatic heterocycles. The largest absolute Gasteiger partial charge is 1.00 e. The molecule has 1 radical (unpaired) electrons. The first-order chi connectivity index (χ1) is 3.39. The van der Waals surface area contributed by atoms with E-state index in [9.17, 15) is 0 Å². The van der Waals surface area contributed by atoms with Crippen LogP contribution in [0.4, 0.5) is 0 Å². The second-order valence-electron chi connectivity index (χ2n) is 1.55. The van der Waals surface area contributed by atoms with Gasteiger partial charge in [-0.05, 0) is 18.6 Å². The van der Waals surface area contributed by atoms with E-state index in [4.69, 9.17) is 0 Å². The Hall–Kier alpha value is 0.00351. The summed E-state index contributed by atoms with van der Waals surface area (Å²) in [6, 6.07) is 10.9. The van der Waals surface area contributed by atoms with E-state index in [2.05, 4.69) is 6.07 Å². The molecule has 2 heteroatoms. The molecular formula is C7H7ClNi-. The number of hydrogen-bond donors (Lipinski definition) is 0. The predicted octanol–water partition coefficient (Wildman–Crippen LogP) is -1.20. The Kier molecular flexibility index (Phi) is 8.01. The average molecular weight is 185 g/mol. The van der Waals surface area contributed by atoms with Gasteiger partial charge in [0.2, 0.25) is 0 Å². The third-order valence-electron chi connectivity index (χ3n) is 0.865. The molecule has 0 saturated carbocycles. The second-order valence-corrected chi connectivity index (χ2v) is 1.55. The van der Waals surface area contributed by atoms with Crippen LogP contribution in [0, 0.1) is 13.0 Å². The van der Waals surface area contributed by atoms with Crippen LogP contribution in [-0.4, -0.2) is 0 Å². The van der Waals surface area contributed by atoms with Crippen LogP contribution in [-0.2, 0) is 16.5 Å². The number of benzene rings is 1. The van der Waals surface area contributed by atoms with Crippen LogP contribution in [0.1, 0.15) is 5.56 Å². The second kappa shape index (κ2) is 6.13. The Bertz CT molecular complexity index is 139. The van der Waals surface area contributed by atoms with E-state index in [0.29, 0.717) is 0 Å². The summed E-state index contributed by atoms with van der Waals surface area (Å²) in [5.74, 6) is 0. The molecule has 0 bridgehead atoms. The minimum Gasteiger partial charge on any atom is -1.00 e. The first-order valence-electron chi connectivity index (χ1n) is 2.33. The Morgan fingerprint density at radius 1 is 1.33 bits per heavy atom. The Morgan fingerprint density at radius 2 is 2.00 bits per heavy atom. The summed E-state index contributed by atoms with van der Waals surface area (Å²) in [7, 11) is 0. The minimum absolute atomic E-state index is 0. The maximum Gasteiger partial charge on any atom is 0 e. The summed E-state index contributed by atoms with van der Waals surface area (Å²) < 4.78 is 0. The van der Waals surface area contributed by atoms with Crippen molar-refractivity contribution < 1.29 is 28.9 Å². The maximum absolute atomic E-state index is 3.03. The SMILES string of the molecule is Cc1[c]cccc1.[Cl-].[Ni]. The van der Waals surface area contributed by atoms with Crippen molar-refractivity contribution >= 4 is 0 Å². The molecule has 1 aromatic carbocycles. The van der Waals surface area contributed by atoms with Gasteiger partial charge in [-0.1, -0.05) is 24.3 Å². The number of aryl methyl sites for hydroxylation is 1. The summed E-state index contributed by atoms with van der Waals surface area (Å²) in [5.41, 5.74) is 1.20. The summed E-state index contributed by atoms with van der Waals surface area (Å²) in [4.78, 5) is 0. The van der Waals surface area contributed by atoms with Gasteiger partial charge in [0.1, 0.15) is 0 Å². The van der Waals surface area contributed by atoms with Gasteiger partial charge in [-0.25, -0.2) is 0 Å². The zero-order valence-electron chi connectivity index (χ0n) is 5.00. The van der Waals surface area contributed by atoms with Gasteiger partial charge in [-0.15, -0.1) is 0 Å². The first kappa shape index (κ1) is 11.8. The first-order valence-corrected chi connectivity index (χ1v) is 2.33. The molecule has 9 heavy (non-hydrogen) atoms. The van der Waals surface area contributed by atoms with Crippen LogP contribution in [0.15, 0.2) is 24.3 Å². The Morgan fingerprint density at radius 3 is 2.22 bits per heavy atom. The summed E-state index contributed by atoms with van der Waals surface area (Å²) in [6.07, 6.45) is 0. The van der Waals surface area contributed by atoms with Crippen molar-refractivity contribution in [3.63, 3.8) is 0 Å². The molecular weight excluding hydrogens is 178 g/mol. The van der Waals surface area contributed by atoms with Crippen LogP contribution in [0.2, 0.25) is 0 Å². The van der Waals surface area contributed by atoms with Crippen LogP contribution in [0.3, 0.4) is 0 Å².